The fourth-order valence-electron chi connectivity index (χ4n) is 3.14. The lowest BCUT2D eigenvalue weighted by Crippen LogP contribution is -2.47. The first-order valence-electron chi connectivity index (χ1n) is 8.82. The highest BCUT2D eigenvalue weighted by atomic mass is 35.5. The largest absolute Gasteiger partial charge is 0.444 e. The molecule has 150 valence electrons. The zero-order chi connectivity index (χ0) is 20.8. The van der Waals surface area contributed by atoms with Crippen molar-refractivity contribution in [3.63, 3.8) is 0 Å². The van der Waals surface area contributed by atoms with Crippen molar-refractivity contribution in [2.75, 3.05) is 0 Å². The number of hydrogen-bond acceptors (Lipinski definition) is 4. The molecule has 0 saturated heterocycles. The number of nitrogens with zero attached hydrogens (tertiary/aromatic N) is 3. The molecule has 7 nitrogen and oxygen atoms in total. The van der Waals surface area contributed by atoms with Gasteiger partial charge < -0.3 is 10.5 Å². The van der Waals surface area contributed by atoms with E-state index in [2.05, 4.69) is 5.10 Å². The van der Waals surface area contributed by atoms with Crippen LogP contribution in [0.15, 0.2) is 18.2 Å². The van der Waals surface area contributed by atoms with Crippen molar-refractivity contribution in [3.05, 3.63) is 40.3 Å². The number of fused-ring (bicyclic) bond motifs is 1. The third-order valence-corrected chi connectivity index (χ3v) is 4.70. The SMILES string of the molecule is CC1Cn2nc(-c3ccc(F)c(Cl)c3)c(C(N)=O)c2CN1C(=O)OC(C)(C)C. The highest BCUT2D eigenvalue weighted by Crippen LogP contribution is 2.32. The van der Waals surface area contributed by atoms with E-state index in [9.17, 15) is 14.0 Å². The Bertz CT molecular complexity index is 951. The quantitative estimate of drug-likeness (QED) is 0.822. The van der Waals surface area contributed by atoms with Gasteiger partial charge in [0.05, 0.1) is 35.4 Å². The van der Waals surface area contributed by atoms with Crippen molar-refractivity contribution in [2.45, 2.75) is 52.4 Å². The number of rotatable bonds is 2. The molecular weight excluding hydrogens is 387 g/mol. The number of hydrogen-bond donors (Lipinski definition) is 1. The van der Waals surface area contributed by atoms with Crippen LogP contribution in [-0.2, 0) is 17.8 Å². The number of halogens is 2. The molecule has 1 unspecified atom stereocenters. The Labute approximate surface area is 167 Å². The average Bonchev–Trinajstić information content (AvgIpc) is 2.93. The molecule has 1 aliphatic heterocycles. The molecule has 1 aromatic heterocycles. The summed E-state index contributed by atoms with van der Waals surface area (Å²) in [6, 6.07) is 3.88. The maximum atomic E-state index is 13.5. The number of primary amides is 1. The molecule has 0 spiro atoms. The van der Waals surface area contributed by atoms with Gasteiger partial charge in [-0.3, -0.25) is 14.4 Å². The number of benzene rings is 1. The predicted molar refractivity (Wildman–Crippen MR) is 102 cm³/mol. The molecule has 0 radical (unpaired) electrons. The van der Waals surface area contributed by atoms with Gasteiger partial charge in [0.25, 0.3) is 5.91 Å². The number of amides is 2. The number of carbonyl (C=O) groups is 2. The Kier molecular flexibility index (Phi) is 5.10. The number of nitrogens with two attached hydrogens (primary N) is 1. The molecule has 0 aliphatic carbocycles. The highest BCUT2D eigenvalue weighted by Gasteiger charge is 2.35. The second kappa shape index (κ2) is 7.09. The highest BCUT2D eigenvalue weighted by molar-refractivity contribution is 6.31. The van der Waals surface area contributed by atoms with Gasteiger partial charge in [0.15, 0.2) is 0 Å². The first kappa shape index (κ1) is 20.1. The van der Waals surface area contributed by atoms with E-state index in [-0.39, 0.29) is 23.2 Å². The lowest BCUT2D eigenvalue weighted by atomic mass is 10.0. The van der Waals surface area contributed by atoms with Gasteiger partial charge in [-0.1, -0.05) is 11.6 Å². The van der Waals surface area contributed by atoms with Crippen LogP contribution < -0.4 is 5.73 Å². The summed E-state index contributed by atoms with van der Waals surface area (Å²) >= 11 is 5.88. The summed E-state index contributed by atoms with van der Waals surface area (Å²) in [6.07, 6.45) is -0.478. The Hall–Kier alpha value is -2.61. The van der Waals surface area contributed by atoms with E-state index in [1.54, 1.807) is 25.5 Å². The van der Waals surface area contributed by atoms with Crippen LogP contribution in [0.1, 0.15) is 43.7 Å². The van der Waals surface area contributed by atoms with E-state index in [4.69, 9.17) is 22.1 Å². The number of aromatic nitrogens is 2. The first-order chi connectivity index (χ1) is 13.0. The third kappa shape index (κ3) is 3.82. The van der Waals surface area contributed by atoms with Crippen LogP contribution >= 0.6 is 11.6 Å². The van der Waals surface area contributed by atoms with Crippen molar-refractivity contribution in [1.29, 1.82) is 0 Å². The minimum atomic E-state index is -0.685. The van der Waals surface area contributed by atoms with E-state index in [0.717, 1.165) is 0 Å². The topological polar surface area (TPSA) is 90.5 Å². The second-order valence-electron chi connectivity index (χ2n) is 7.80. The van der Waals surface area contributed by atoms with Crippen molar-refractivity contribution in [3.8, 4) is 11.3 Å². The Balaban J connectivity index is 2.04. The first-order valence-corrected chi connectivity index (χ1v) is 9.20. The van der Waals surface area contributed by atoms with Crippen molar-refractivity contribution in [1.82, 2.24) is 14.7 Å². The average molecular weight is 409 g/mol. The van der Waals surface area contributed by atoms with Crippen LogP contribution in [0.5, 0.6) is 0 Å². The fourth-order valence-corrected chi connectivity index (χ4v) is 3.32. The van der Waals surface area contributed by atoms with Crippen molar-refractivity contribution < 1.29 is 18.7 Å². The lowest BCUT2D eigenvalue weighted by molar-refractivity contribution is 0.00894. The van der Waals surface area contributed by atoms with Crippen LogP contribution in [-0.4, -0.2) is 38.3 Å². The molecule has 1 aromatic carbocycles. The van der Waals surface area contributed by atoms with E-state index in [1.165, 1.54) is 23.1 Å². The Morgan fingerprint density at radius 3 is 2.61 bits per heavy atom. The van der Waals surface area contributed by atoms with E-state index in [1.807, 2.05) is 6.92 Å². The molecule has 1 aliphatic rings. The molecule has 0 saturated carbocycles. The van der Waals surface area contributed by atoms with Gasteiger partial charge in [0, 0.05) is 5.56 Å². The van der Waals surface area contributed by atoms with Crippen molar-refractivity contribution in [2.24, 2.45) is 5.73 Å². The minimum Gasteiger partial charge on any atom is -0.444 e. The molecule has 3 rings (SSSR count). The third-order valence-electron chi connectivity index (χ3n) is 4.41. The summed E-state index contributed by atoms with van der Waals surface area (Å²) in [5, 5.41) is 4.41. The predicted octanol–water partition coefficient (Wildman–Crippen LogP) is 3.58. The van der Waals surface area contributed by atoms with Crippen molar-refractivity contribution >= 4 is 23.6 Å². The zero-order valence-corrected chi connectivity index (χ0v) is 16.9. The summed E-state index contributed by atoms with van der Waals surface area (Å²) in [5.41, 5.74) is 6.44. The van der Waals surface area contributed by atoms with Crippen LogP contribution in [0, 0.1) is 5.82 Å². The van der Waals surface area contributed by atoms with E-state index < -0.39 is 23.4 Å². The molecule has 2 aromatic rings. The zero-order valence-electron chi connectivity index (χ0n) is 16.1. The van der Waals surface area contributed by atoms with Crippen LogP contribution in [0.3, 0.4) is 0 Å². The van der Waals surface area contributed by atoms with Gasteiger partial charge in [-0.05, 0) is 45.9 Å². The summed E-state index contributed by atoms with van der Waals surface area (Å²) in [4.78, 5) is 26.3. The summed E-state index contributed by atoms with van der Waals surface area (Å²) < 4.78 is 20.6. The second-order valence-corrected chi connectivity index (χ2v) is 8.21. The monoisotopic (exact) mass is 408 g/mol. The van der Waals surface area contributed by atoms with Gasteiger partial charge in [-0.2, -0.15) is 5.10 Å². The van der Waals surface area contributed by atoms with E-state index >= 15 is 0 Å². The molecule has 1 atom stereocenters. The van der Waals surface area contributed by atoms with Gasteiger partial charge in [-0.25, -0.2) is 9.18 Å². The Morgan fingerprint density at radius 2 is 2.04 bits per heavy atom. The van der Waals surface area contributed by atoms with Crippen LogP contribution in [0.4, 0.5) is 9.18 Å². The molecule has 2 N–H and O–H groups in total. The van der Waals surface area contributed by atoms with E-state index in [0.29, 0.717) is 23.5 Å². The summed E-state index contributed by atoms with van der Waals surface area (Å²) in [6.45, 7) is 7.71. The number of ether oxygens (including phenoxy) is 1. The van der Waals surface area contributed by atoms with Gasteiger partial charge >= 0.3 is 6.09 Å². The maximum Gasteiger partial charge on any atom is 0.410 e. The molecule has 0 fully saturated rings. The molecule has 0 bridgehead atoms. The normalized spacial score (nSPS) is 16.6. The standard InChI is InChI=1S/C19H22ClFN4O3/c1-10-8-25-14(9-24(10)18(27)28-19(2,3)4)15(17(22)26)16(23-25)11-5-6-13(21)12(20)7-11/h5-7,10H,8-9H2,1-4H3,(H2,22,26). The summed E-state index contributed by atoms with van der Waals surface area (Å²) in [7, 11) is 0. The smallest absolute Gasteiger partial charge is 0.410 e. The van der Waals surface area contributed by atoms with Gasteiger partial charge in [0.1, 0.15) is 17.1 Å². The minimum absolute atomic E-state index is 0.0809. The lowest BCUT2D eigenvalue weighted by Gasteiger charge is -2.35. The molecule has 9 heteroatoms. The Morgan fingerprint density at radius 1 is 1.36 bits per heavy atom. The van der Waals surface area contributed by atoms with Gasteiger partial charge in [0.2, 0.25) is 0 Å². The molecular formula is C19H22ClFN4O3. The molecule has 2 amide bonds. The molecule has 2 heterocycles. The fraction of sp³-hybridized carbons (Fsp3) is 0.421. The maximum absolute atomic E-state index is 13.5. The van der Waals surface area contributed by atoms with Gasteiger partial charge in [-0.15, -0.1) is 0 Å². The number of carbonyl (C=O) groups excluding carboxylic acids is 2. The summed E-state index contributed by atoms with van der Waals surface area (Å²) in [5.74, 6) is -1.25. The molecule has 28 heavy (non-hydrogen) atoms. The van der Waals surface area contributed by atoms with Crippen LogP contribution in [0.2, 0.25) is 5.02 Å². The van der Waals surface area contributed by atoms with Crippen LogP contribution in [0.25, 0.3) is 11.3 Å².